The molecular weight excluding hydrogens is 516 g/mol. The third kappa shape index (κ3) is 11.3. The number of nitrogens with zero attached hydrogens (tertiary/aromatic N) is 5. The van der Waals surface area contributed by atoms with Gasteiger partial charge in [0.15, 0.2) is 0 Å². The molecule has 0 unspecified atom stereocenters. The Labute approximate surface area is 244 Å². The summed E-state index contributed by atoms with van der Waals surface area (Å²) in [7, 11) is 5.47. The molecule has 0 saturated heterocycles. The molecule has 0 saturated carbocycles. The summed E-state index contributed by atoms with van der Waals surface area (Å²) in [4.78, 5) is 37.4. The zero-order valence-electron chi connectivity index (χ0n) is 25.2. The van der Waals surface area contributed by atoms with Crippen LogP contribution < -0.4 is 16.0 Å². The highest BCUT2D eigenvalue weighted by Gasteiger charge is 2.22. The molecule has 0 bridgehead atoms. The average molecular weight is 559 g/mol. The van der Waals surface area contributed by atoms with Crippen LogP contribution >= 0.6 is 0 Å². The van der Waals surface area contributed by atoms with E-state index in [4.69, 9.17) is 5.26 Å². The van der Waals surface area contributed by atoms with Gasteiger partial charge in [-0.25, -0.2) is 4.98 Å². The fraction of sp³-hybridized carbons (Fsp3) is 0.452. The lowest BCUT2D eigenvalue weighted by Crippen LogP contribution is -2.46. The van der Waals surface area contributed by atoms with E-state index in [1.165, 1.54) is 11.0 Å². The number of hydrogen-bond acceptors (Lipinski definition) is 8. The second-order valence-corrected chi connectivity index (χ2v) is 10.7. The minimum absolute atomic E-state index is 0.213. The Hall–Kier alpha value is -4.41. The van der Waals surface area contributed by atoms with Crippen molar-refractivity contribution in [2.45, 2.75) is 46.6 Å². The van der Waals surface area contributed by atoms with Crippen molar-refractivity contribution < 1.29 is 9.59 Å². The van der Waals surface area contributed by atoms with Crippen molar-refractivity contribution in [1.82, 2.24) is 25.1 Å². The monoisotopic (exact) mass is 558 g/mol. The van der Waals surface area contributed by atoms with E-state index >= 15 is 0 Å². The molecule has 1 aromatic carbocycles. The number of hydrogen-bond donors (Lipinski definition) is 3. The summed E-state index contributed by atoms with van der Waals surface area (Å²) in [6.45, 7) is 9.62. The smallest absolute Gasteiger partial charge is 0.246 e. The first-order valence-electron chi connectivity index (χ1n) is 13.7. The van der Waals surface area contributed by atoms with Crippen LogP contribution in [-0.2, 0) is 9.59 Å². The van der Waals surface area contributed by atoms with E-state index in [1.54, 1.807) is 50.5 Å². The zero-order valence-corrected chi connectivity index (χ0v) is 25.2. The molecule has 3 N–H and O–H groups in total. The highest BCUT2D eigenvalue weighted by atomic mass is 16.2. The van der Waals surface area contributed by atoms with Crippen LogP contribution in [0.4, 0.5) is 17.5 Å². The quantitative estimate of drug-likeness (QED) is 0.251. The summed E-state index contributed by atoms with van der Waals surface area (Å²) in [5.41, 5.74) is 1.64. The van der Waals surface area contributed by atoms with Gasteiger partial charge in [0.05, 0.1) is 23.4 Å². The summed E-state index contributed by atoms with van der Waals surface area (Å²) >= 11 is 0. The molecule has 1 heterocycles. The van der Waals surface area contributed by atoms with Crippen LogP contribution in [0.5, 0.6) is 0 Å². The van der Waals surface area contributed by atoms with Gasteiger partial charge < -0.3 is 25.8 Å². The molecular formula is C31H42N8O2. The summed E-state index contributed by atoms with van der Waals surface area (Å²) in [5.74, 6) is 7.14. The highest BCUT2D eigenvalue weighted by molar-refractivity contribution is 5.92. The molecule has 0 radical (unpaired) electrons. The Kier molecular flexibility index (Phi) is 12.8. The van der Waals surface area contributed by atoms with Crippen LogP contribution in [0.15, 0.2) is 42.6 Å². The minimum Gasteiger partial charge on any atom is -0.369 e. The number of carbonyl (C=O) groups is 2. The molecule has 41 heavy (non-hydrogen) atoms. The molecule has 0 aliphatic heterocycles. The number of amides is 2. The van der Waals surface area contributed by atoms with Crippen LogP contribution in [0.2, 0.25) is 0 Å². The number of aromatic nitrogens is 2. The van der Waals surface area contributed by atoms with Gasteiger partial charge in [-0.05, 0) is 72.0 Å². The Morgan fingerprint density at radius 1 is 1.15 bits per heavy atom. The fourth-order valence-electron chi connectivity index (χ4n) is 3.46. The van der Waals surface area contributed by atoms with E-state index in [0.29, 0.717) is 42.4 Å². The number of nitrogens with one attached hydrogen (secondary N) is 3. The van der Waals surface area contributed by atoms with Crippen molar-refractivity contribution in [3.05, 3.63) is 53.7 Å². The van der Waals surface area contributed by atoms with E-state index < -0.39 is 11.5 Å². The summed E-state index contributed by atoms with van der Waals surface area (Å²) < 4.78 is 0. The number of carbonyl (C=O) groups excluding carboxylic acids is 2. The number of likely N-dealkylation sites (N-methyl/N-ethyl adjacent to an activating group) is 2. The predicted octanol–water partition coefficient (Wildman–Crippen LogP) is 3.76. The Morgan fingerprint density at radius 2 is 1.85 bits per heavy atom. The summed E-state index contributed by atoms with van der Waals surface area (Å²) in [6.07, 6.45) is 6.49. The number of nitriles is 1. The maximum absolute atomic E-state index is 12.7. The normalized spacial score (nSPS) is 11.8. The van der Waals surface area contributed by atoms with Crippen molar-refractivity contribution in [2.75, 3.05) is 51.4 Å². The van der Waals surface area contributed by atoms with Gasteiger partial charge in [-0.2, -0.15) is 10.2 Å². The number of anilines is 3. The molecule has 0 fully saturated rings. The highest BCUT2D eigenvalue weighted by Crippen LogP contribution is 2.21. The van der Waals surface area contributed by atoms with Gasteiger partial charge >= 0.3 is 0 Å². The number of benzene rings is 1. The lowest BCUT2D eigenvalue weighted by molar-refractivity contribution is -0.135. The van der Waals surface area contributed by atoms with Gasteiger partial charge in [0.2, 0.25) is 17.8 Å². The van der Waals surface area contributed by atoms with Gasteiger partial charge in [-0.1, -0.05) is 24.8 Å². The first kappa shape index (κ1) is 32.8. The second kappa shape index (κ2) is 16.0. The van der Waals surface area contributed by atoms with Crippen LogP contribution in [-0.4, -0.2) is 78.4 Å². The predicted molar refractivity (Wildman–Crippen MR) is 163 cm³/mol. The Balaban J connectivity index is 2.01. The fourth-order valence-corrected chi connectivity index (χ4v) is 3.46. The topological polar surface area (TPSA) is 126 Å². The first-order chi connectivity index (χ1) is 19.5. The molecule has 218 valence electrons. The molecule has 10 nitrogen and oxygen atoms in total. The maximum atomic E-state index is 12.7. The molecule has 1 aromatic heterocycles. The van der Waals surface area contributed by atoms with Crippen LogP contribution in [0.25, 0.3) is 0 Å². The van der Waals surface area contributed by atoms with Crippen LogP contribution in [0, 0.1) is 28.6 Å². The van der Waals surface area contributed by atoms with Crippen molar-refractivity contribution in [1.29, 1.82) is 5.26 Å². The van der Waals surface area contributed by atoms with Crippen molar-refractivity contribution in [2.24, 2.45) is 5.41 Å². The van der Waals surface area contributed by atoms with Gasteiger partial charge in [0.25, 0.3) is 0 Å². The van der Waals surface area contributed by atoms with Crippen LogP contribution in [0.1, 0.15) is 51.7 Å². The largest absolute Gasteiger partial charge is 0.369 e. The van der Waals surface area contributed by atoms with E-state index in [2.05, 4.69) is 50.8 Å². The van der Waals surface area contributed by atoms with E-state index in [9.17, 15) is 9.59 Å². The van der Waals surface area contributed by atoms with Gasteiger partial charge in [-0.15, -0.1) is 0 Å². The average Bonchev–Trinajstić information content (AvgIpc) is 2.94. The van der Waals surface area contributed by atoms with Crippen molar-refractivity contribution in [3.63, 3.8) is 0 Å². The Bertz CT molecular complexity index is 1300. The Morgan fingerprint density at radius 3 is 2.49 bits per heavy atom. The SMILES string of the molecule is CCCNc1nc(Nc2ccc(C#N)cc2)ncc1C#CC(C)(C)CCNC(=O)[C@H](C)N(C)C(=O)C=CCN(C)C. The molecule has 2 aromatic rings. The van der Waals surface area contributed by atoms with Gasteiger partial charge in [-0.3, -0.25) is 9.59 Å². The molecule has 0 aliphatic carbocycles. The van der Waals surface area contributed by atoms with Gasteiger partial charge in [0, 0.05) is 43.9 Å². The lowest BCUT2D eigenvalue weighted by Gasteiger charge is -2.24. The molecule has 10 heteroatoms. The number of rotatable bonds is 13. The summed E-state index contributed by atoms with van der Waals surface area (Å²) in [6, 6.07) is 8.57. The lowest BCUT2D eigenvalue weighted by atomic mass is 9.90. The minimum atomic E-state index is -0.596. The first-order valence-corrected chi connectivity index (χ1v) is 13.7. The van der Waals surface area contributed by atoms with Crippen LogP contribution in [0.3, 0.4) is 0 Å². The zero-order chi connectivity index (χ0) is 30.4. The van der Waals surface area contributed by atoms with E-state index in [1.807, 2.05) is 32.8 Å². The second-order valence-electron chi connectivity index (χ2n) is 10.7. The standard InChI is InChI=1S/C31H42N8O2/c1-8-18-33-28-25(22-35-30(37-28)36-26-13-11-24(21-32)12-14-26)15-16-31(3,4)17-19-34-29(41)23(2)39(7)27(40)10-9-20-38(5)6/h9-14,22-23H,8,17-20H2,1-7H3,(H,34,41)(H2,33,35,36,37)/t23-/m0/s1. The maximum Gasteiger partial charge on any atom is 0.246 e. The van der Waals surface area contributed by atoms with E-state index in [0.717, 1.165) is 18.7 Å². The van der Waals surface area contributed by atoms with Crippen molar-refractivity contribution >= 4 is 29.3 Å². The van der Waals surface area contributed by atoms with E-state index in [-0.39, 0.29) is 11.8 Å². The molecule has 2 amide bonds. The van der Waals surface area contributed by atoms with Crippen molar-refractivity contribution in [3.8, 4) is 17.9 Å². The third-order valence-corrected chi connectivity index (χ3v) is 6.23. The third-order valence-electron chi connectivity index (χ3n) is 6.23. The molecule has 2 rings (SSSR count). The molecule has 1 atom stereocenters. The van der Waals surface area contributed by atoms with Gasteiger partial charge in [0.1, 0.15) is 11.9 Å². The summed E-state index contributed by atoms with van der Waals surface area (Å²) in [5, 5.41) is 18.4. The molecule has 0 spiro atoms. The molecule has 0 aliphatic rings.